The van der Waals surface area contributed by atoms with Gasteiger partial charge in [0.15, 0.2) is 0 Å². The summed E-state index contributed by atoms with van der Waals surface area (Å²) in [6.45, 7) is 9.72. The van der Waals surface area contributed by atoms with Crippen LogP contribution in [0.2, 0.25) is 0 Å². The molecule has 0 bridgehead atoms. The average Bonchev–Trinajstić information content (AvgIpc) is 3.05. The highest BCUT2D eigenvalue weighted by Crippen LogP contribution is 2.20. The smallest absolute Gasteiger partial charge is 0.330 e. The second kappa shape index (κ2) is 24.2. The van der Waals surface area contributed by atoms with Crippen LogP contribution in [0.4, 0.5) is 17.8 Å². The predicted octanol–water partition coefficient (Wildman–Crippen LogP) is -0.399. The van der Waals surface area contributed by atoms with E-state index in [1.54, 1.807) is 0 Å². The van der Waals surface area contributed by atoms with Gasteiger partial charge in [-0.25, -0.2) is 14.4 Å². The topological polar surface area (TPSA) is 194 Å². The molecule has 1 aromatic heterocycles. The molecule has 18 nitrogen and oxygen atoms in total. The van der Waals surface area contributed by atoms with Gasteiger partial charge >= 0.3 is 17.9 Å². The van der Waals surface area contributed by atoms with Crippen LogP contribution in [0.15, 0.2) is 38.0 Å². The molecule has 18 heteroatoms. The van der Waals surface area contributed by atoms with Crippen molar-refractivity contribution in [2.75, 3.05) is 115 Å². The highest BCUT2D eigenvalue weighted by molar-refractivity contribution is 5.81. The molecule has 0 fully saturated rings. The van der Waals surface area contributed by atoms with Crippen molar-refractivity contribution < 1.29 is 57.4 Å². The number of carbonyl (C=O) groups excluding carboxylic acids is 3. The third-order valence-corrected chi connectivity index (χ3v) is 5.05. The van der Waals surface area contributed by atoms with E-state index < -0.39 is 17.9 Å². The number of ether oxygens (including phenoxy) is 8. The minimum atomic E-state index is -0.587. The van der Waals surface area contributed by atoms with Crippen molar-refractivity contribution in [3.05, 3.63) is 38.0 Å². The summed E-state index contributed by atoms with van der Waals surface area (Å²) in [7, 11) is 2.94. The number of aliphatic hydroxyl groups is 1. The van der Waals surface area contributed by atoms with E-state index in [9.17, 15) is 19.5 Å². The summed E-state index contributed by atoms with van der Waals surface area (Å²) in [5.41, 5.74) is 0. The highest BCUT2D eigenvalue weighted by Gasteiger charge is 2.21. The first-order valence-corrected chi connectivity index (χ1v) is 13.5. The van der Waals surface area contributed by atoms with Crippen molar-refractivity contribution in [2.24, 2.45) is 0 Å². The first-order chi connectivity index (χ1) is 21.8. The fraction of sp³-hybridized carbons (Fsp3) is 0.556. The maximum atomic E-state index is 11.3. The molecule has 0 aliphatic heterocycles. The zero-order chi connectivity index (χ0) is 33.3. The number of aliphatic hydroxyl groups excluding tert-OH is 1. The van der Waals surface area contributed by atoms with Crippen LogP contribution in [-0.4, -0.2) is 139 Å². The van der Waals surface area contributed by atoms with Crippen LogP contribution in [0, 0.1) is 0 Å². The van der Waals surface area contributed by atoms with Crippen molar-refractivity contribution >= 4 is 35.8 Å². The molecule has 0 saturated heterocycles. The van der Waals surface area contributed by atoms with E-state index in [1.807, 2.05) is 0 Å². The van der Waals surface area contributed by atoms with Gasteiger partial charge in [-0.1, -0.05) is 19.7 Å². The second-order valence-electron chi connectivity index (χ2n) is 8.36. The molecular formula is C27H42N6O12. The average molecular weight is 643 g/mol. The summed E-state index contributed by atoms with van der Waals surface area (Å²) in [5, 5.41) is 9.74. The Balaban J connectivity index is 3.25. The summed E-state index contributed by atoms with van der Waals surface area (Å²) < 4.78 is 42.3. The number of methoxy groups -OCH3 is 2. The van der Waals surface area contributed by atoms with Crippen molar-refractivity contribution in [3.8, 4) is 0 Å². The van der Waals surface area contributed by atoms with Crippen LogP contribution in [0.1, 0.15) is 0 Å². The molecule has 0 aromatic carbocycles. The van der Waals surface area contributed by atoms with Gasteiger partial charge in [0.2, 0.25) is 17.8 Å². The number of anilines is 3. The first kappa shape index (κ1) is 38.8. The summed E-state index contributed by atoms with van der Waals surface area (Å²) in [4.78, 5) is 52.1. The monoisotopic (exact) mass is 642 g/mol. The third-order valence-electron chi connectivity index (χ3n) is 5.05. The predicted molar refractivity (Wildman–Crippen MR) is 159 cm³/mol. The minimum absolute atomic E-state index is 0.00401. The van der Waals surface area contributed by atoms with E-state index in [-0.39, 0.29) is 104 Å². The SMILES string of the molecule is C=CC(=O)OCCOCN(CCO)c1nc(N(COC)COCCOC(=O)C=C)nc(N(COC)COCCOC(=O)C=C)n1. The largest absolute Gasteiger partial charge is 0.460 e. The maximum absolute atomic E-state index is 11.3. The number of rotatable bonds is 27. The van der Waals surface area contributed by atoms with Crippen molar-refractivity contribution in [2.45, 2.75) is 0 Å². The van der Waals surface area contributed by atoms with E-state index in [2.05, 4.69) is 34.7 Å². The highest BCUT2D eigenvalue weighted by atomic mass is 16.6. The Labute approximate surface area is 261 Å². The Morgan fingerprint density at radius 2 is 0.933 bits per heavy atom. The molecule has 0 saturated carbocycles. The van der Waals surface area contributed by atoms with Gasteiger partial charge in [-0.15, -0.1) is 0 Å². The minimum Gasteiger partial charge on any atom is -0.460 e. The van der Waals surface area contributed by atoms with Gasteiger partial charge in [-0.05, 0) is 0 Å². The zero-order valence-corrected chi connectivity index (χ0v) is 25.7. The molecular weight excluding hydrogens is 600 g/mol. The van der Waals surface area contributed by atoms with E-state index in [0.717, 1.165) is 18.2 Å². The summed E-state index contributed by atoms with van der Waals surface area (Å²) in [5.74, 6) is -1.41. The quantitative estimate of drug-likeness (QED) is 0.0428. The van der Waals surface area contributed by atoms with Gasteiger partial charge in [0, 0.05) is 39.0 Å². The zero-order valence-electron chi connectivity index (χ0n) is 25.7. The molecule has 0 unspecified atom stereocenters. The van der Waals surface area contributed by atoms with E-state index >= 15 is 0 Å². The Morgan fingerprint density at radius 1 is 0.600 bits per heavy atom. The van der Waals surface area contributed by atoms with Crippen molar-refractivity contribution in [3.63, 3.8) is 0 Å². The lowest BCUT2D eigenvalue weighted by molar-refractivity contribution is -0.140. The van der Waals surface area contributed by atoms with E-state index in [0.29, 0.717) is 0 Å². The summed E-state index contributed by atoms with van der Waals surface area (Å²) >= 11 is 0. The molecule has 0 atom stereocenters. The normalized spacial score (nSPS) is 10.5. The van der Waals surface area contributed by atoms with Crippen molar-refractivity contribution in [1.82, 2.24) is 15.0 Å². The fourth-order valence-electron chi connectivity index (χ4n) is 3.03. The molecule has 0 aliphatic carbocycles. The van der Waals surface area contributed by atoms with Crippen LogP contribution in [0.3, 0.4) is 0 Å². The molecule has 45 heavy (non-hydrogen) atoms. The summed E-state index contributed by atoms with van der Waals surface area (Å²) in [6.07, 6.45) is 3.13. The maximum Gasteiger partial charge on any atom is 0.330 e. The Hall–Kier alpha value is -4.20. The fourth-order valence-corrected chi connectivity index (χ4v) is 3.03. The number of hydrogen-bond donors (Lipinski definition) is 1. The van der Waals surface area contributed by atoms with Gasteiger partial charge in [0.25, 0.3) is 0 Å². The molecule has 252 valence electrons. The van der Waals surface area contributed by atoms with Gasteiger partial charge < -0.3 is 47.9 Å². The molecule has 0 spiro atoms. The van der Waals surface area contributed by atoms with E-state index in [4.69, 9.17) is 37.9 Å². The Kier molecular flexibility index (Phi) is 20.8. The van der Waals surface area contributed by atoms with E-state index in [1.165, 1.54) is 28.9 Å². The lowest BCUT2D eigenvalue weighted by Gasteiger charge is -2.28. The lowest BCUT2D eigenvalue weighted by Crippen LogP contribution is -2.37. The number of aromatic nitrogens is 3. The molecule has 1 aromatic rings. The molecule has 1 heterocycles. The number of carbonyl (C=O) groups is 3. The van der Waals surface area contributed by atoms with Crippen LogP contribution < -0.4 is 14.7 Å². The molecule has 0 aliphatic rings. The molecule has 0 radical (unpaired) electrons. The Morgan fingerprint density at radius 3 is 1.24 bits per heavy atom. The van der Waals surface area contributed by atoms with Crippen LogP contribution in [0.5, 0.6) is 0 Å². The van der Waals surface area contributed by atoms with Gasteiger partial charge in [-0.3, -0.25) is 9.80 Å². The van der Waals surface area contributed by atoms with Crippen LogP contribution in [-0.2, 0) is 52.3 Å². The molecule has 1 N–H and O–H groups in total. The van der Waals surface area contributed by atoms with Gasteiger partial charge in [-0.2, -0.15) is 15.0 Å². The third kappa shape index (κ3) is 16.4. The number of hydrogen-bond acceptors (Lipinski definition) is 18. The second-order valence-corrected chi connectivity index (χ2v) is 8.36. The van der Waals surface area contributed by atoms with Crippen LogP contribution in [0.25, 0.3) is 0 Å². The van der Waals surface area contributed by atoms with Crippen molar-refractivity contribution in [1.29, 1.82) is 0 Å². The number of esters is 3. The summed E-state index contributed by atoms with van der Waals surface area (Å²) in [6, 6.07) is 0. The Bertz CT molecular complexity index is 922. The van der Waals surface area contributed by atoms with Crippen LogP contribution >= 0.6 is 0 Å². The van der Waals surface area contributed by atoms with Gasteiger partial charge in [0.05, 0.1) is 26.4 Å². The molecule has 1 rings (SSSR count). The van der Waals surface area contributed by atoms with Gasteiger partial charge in [0.1, 0.15) is 53.5 Å². The number of nitrogens with zero attached hydrogens (tertiary/aromatic N) is 6. The first-order valence-electron chi connectivity index (χ1n) is 13.5. The lowest BCUT2D eigenvalue weighted by atomic mass is 10.5. The molecule has 0 amide bonds. The standard InChI is InChI=1S/C27H42N6O12/c1-6-22(35)43-14-11-40-19-31(9-10-34)25-28-26(32(17-38-4)20-41-12-15-44-23(36)7-2)30-27(29-25)33(18-39-5)21-42-13-16-45-24(37)8-3/h6-8,34H,1-3,9-21H2,4-5H3.